The van der Waals surface area contributed by atoms with Crippen molar-refractivity contribution in [3.05, 3.63) is 0 Å². The molecule has 1 N–H and O–H groups in total. The van der Waals surface area contributed by atoms with Gasteiger partial charge in [0.05, 0.1) is 0 Å². The molecule has 2 fully saturated rings. The summed E-state index contributed by atoms with van der Waals surface area (Å²) < 4.78 is 0. The Kier molecular flexibility index (Phi) is 3.62. The molecule has 2 aliphatic rings. The molecule has 0 bridgehead atoms. The molecule has 0 aromatic carbocycles. The molecular formula is C12H22N2O. The number of hydrogen-bond donors (Lipinski definition) is 1. The fraction of sp³-hybridized carbons (Fsp3) is 0.917. The average molecular weight is 210 g/mol. The summed E-state index contributed by atoms with van der Waals surface area (Å²) >= 11 is 0. The summed E-state index contributed by atoms with van der Waals surface area (Å²) in [5.41, 5.74) is 0. The highest BCUT2D eigenvalue weighted by Gasteiger charge is 2.33. The van der Waals surface area contributed by atoms with E-state index in [1.165, 1.54) is 25.7 Å². The number of nitrogens with zero attached hydrogens (tertiary/aromatic N) is 1. The first kappa shape index (κ1) is 10.9. The van der Waals surface area contributed by atoms with Crippen LogP contribution in [0.3, 0.4) is 0 Å². The second-order valence-electron chi connectivity index (χ2n) is 4.87. The normalized spacial score (nSPS) is 27.5. The molecule has 1 heterocycles. The third-order valence-electron chi connectivity index (χ3n) is 3.80. The van der Waals surface area contributed by atoms with Crippen LogP contribution in [0.2, 0.25) is 0 Å². The van der Waals surface area contributed by atoms with E-state index in [0.29, 0.717) is 17.9 Å². The minimum absolute atomic E-state index is 0.349. The lowest BCUT2D eigenvalue weighted by Crippen LogP contribution is -2.43. The smallest absolute Gasteiger partial charge is 0.225 e. The third-order valence-corrected chi connectivity index (χ3v) is 3.80. The van der Waals surface area contributed by atoms with Gasteiger partial charge in [0, 0.05) is 25.0 Å². The van der Waals surface area contributed by atoms with Gasteiger partial charge in [0.15, 0.2) is 0 Å². The summed E-state index contributed by atoms with van der Waals surface area (Å²) in [4.78, 5) is 14.4. The highest BCUT2D eigenvalue weighted by Crippen LogP contribution is 2.29. The molecule has 0 spiro atoms. The van der Waals surface area contributed by atoms with Crippen LogP contribution in [0, 0.1) is 5.92 Å². The van der Waals surface area contributed by atoms with Gasteiger partial charge in [-0.25, -0.2) is 0 Å². The van der Waals surface area contributed by atoms with Crippen molar-refractivity contribution in [1.82, 2.24) is 10.2 Å². The monoisotopic (exact) mass is 210 g/mol. The molecule has 1 saturated carbocycles. The lowest BCUT2D eigenvalue weighted by Gasteiger charge is -2.27. The number of likely N-dealkylation sites (N-methyl/N-ethyl adjacent to an activating group) is 1. The number of likely N-dealkylation sites (tertiary alicyclic amines) is 1. The Morgan fingerprint density at radius 1 is 1.27 bits per heavy atom. The van der Waals surface area contributed by atoms with Gasteiger partial charge in [0.2, 0.25) is 5.91 Å². The molecule has 3 heteroatoms. The first-order valence-electron chi connectivity index (χ1n) is 6.28. The van der Waals surface area contributed by atoms with Gasteiger partial charge in [-0.3, -0.25) is 4.79 Å². The lowest BCUT2D eigenvalue weighted by atomic mass is 10.1. The Morgan fingerprint density at radius 2 is 2.00 bits per heavy atom. The molecule has 1 unspecified atom stereocenters. The number of carbonyl (C=O) groups excluding carboxylic acids is 1. The van der Waals surface area contributed by atoms with Crippen molar-refractivity contribution in [1.29, 1.82) is 0 Å². The second-order valence-corrected chi connectivity index (χ2v) is 4.87. The predicted molar refractivity (Wildman–Crippen MR) is 60.6 cm³/mol. The average Bonchev–Trinajstić information content (AvgIpc) is 2.87. The maximum Gasteiger partial charge on any atom is 0.225 e. The Hall–Kier alpha value is -0.570. The summed E-state index contributed by atoms with van der Waals surface area (Å²) in [5.74, 6) is 0.785. The summed E-state index contributed by atoms with van der Waals surface area (Å²) in [6.07, 6.45) is 7.12. The summed E-state index contributed by atoms with van der Waals surface area (Å²) in [5, 5.41) is 3.19. The van der Waals surface area contributed by atoms with Crippen LogP contribution in [0.5, 0.6) is 0 Å². The van der Waals surface area contributed by atoms with Crippen LogP contribution in [0.4, 0.5) is 0 Å². The van der Waals surface area contributed by atoms with Crippen LogP contribution >= 0.6 is 0 Å². The fourth-order valence-corrected chi connectivity index (χ4v) is 2.98. The van der Waals surface area contributed by atoms with Crippen molar-refractivity contribution in [2.75, 3.05) is 20.1 Å². The fourth-order valence-electron chi connectivity index (χ4n) is 2.98. The summed E-state index contributed by atoms with van der Waals surface area (Å²) in [7, 11) is 1.97. The largest absolute Gasteiger partial charge is 0.338 e. The van der Waals surface area contributed by atoms with Crippen molar-refractivity contribution in [2.24, 2.45) is 5.92 Å². The van der Waals surface area contributed by atoms with Gasteiger partial charge in [-0.05, 0) is 32.7 Å². The van der Waals surface area contributed by atoms with E-state index in [0.717, 1.165) is 25.9 Å². The Balaban J connectivity index is 1.92. The maximum atomic E-state index is 12.2. The Labute approximate surface area is 92.2 Å². The minimum atomic E-state index is 0.349. The van der Waals surface area contributed by atoms with Crippen LogP contribution in [-0.2, 0) is 4.79 Å². The van der Waals surface area contributed by atoms with Crippen molar-refractivity contribution >= 4 is 5.91 Å². The van der Waals surface area contributed by atoms with Gasteiger partial charge in [-0.15, -0.1) is 0 Å². The molecule has 0 aromatic rings. The molecule has 1 saturated heterocycles. The van der Waals surface area contributed by atoms with Gasteiger partial charge >= 0.3 is 0 Å². The summed E-state index contributed by atoms with van der Waals surface area (Å²) in [6.45, 7) is 1.94. The molecule has 1 aliphatic carbocycles. The van der Waals surface area contributed by atoms with Crippen LogP contribution in [0.1, 0.15) is 38.5 Å². The van der Waals surface area contributed by atoms with E-state index in [4.69, 9.17) is 0 Å². The van der Waals surface area contributed by atoms with Gasteiger partial charge in [0.25, 0.3) is 0 Å². The molecule has 1 atom stereocenters. The van der Waals surface area contributed by atoms with E-state index in [1.54, 1.807) is 0 Å². The highest BCUT2D eigenvalue weighted by atomic mass is 16.2. The molecule has 0 aromatic heterocycles. The highest BCUT2D eigenvalue weighted by molar-refractivity contribution is 5.79. The van der Waals surface area contributed by atoms with E-state index in [9.17, 15) is 4.79 Å². The van der Waals surface area contributed by atoms with Crippen LogP contribution in [0.25, 0.3) is 0 Å². The molecular weight excluding hydrogens is 188 g/mol. The van der Waals surface area contributed by atoms with Crippen LogP contribution in [-0.4, -0.2) is 37.0 Å². The standard InChI is InChI=1S/C12H22N2O/c1-13-9-11-7-4-8-14(11)12(15)10-5-2-3-6-10/h10-11,13H,2-9H2,1H3. The number of rotatable bonds is 3. The molecule has 1 amide bonds. The van der Waals surface area contributed by atoms with Crippen molar-refractivity contribution in [3.63, 3.8) is 0 Å². The minimum Gasteiger partial charge on any atom is -0.338 e. The van der Waals surface area contributed by atoms with Crippen LogP contribution in [0.15, 0.2) is 0 Å². The van der Waals surface area contributed by atoms with E-state index >= 15 is 0 Å². The summed E-state index contributed by atoms with van der Waals surface area (Å²) in [6, 6.07) is 0.461. The van der Waals surface area contributed by atoms with Crippen molar-refractivity contribution in [3.8, 4) is 0 Å². The van der Waals surface area contributed by atoms with Gasteiger partial charge in [-0.2, -0.15) is 0 Å². The van der Waals surface area contributed by atoms with Crippen molar-refractivity contribution in [2.45, 2.75) is 44.6 Å². The van der Waals surface area contributed by atoms with E-state index in [1.807, 2.05) is 7.05 Å². The number of amides is 1. The Morgan fingerprint density at radius 3 is 2.67 bits per heavy atom. The molecule has 2 rings (SSSR count). The van der Waals surface area contributed by atoms with Crippen LogP contribution < -0.4 is 5.32 Å². The third kappa shape index (κ3) is 2.33. The molecule has 15 heavy (non-hydrogen) atoms. The second kappa shape index (κ2) is 4.97. The zero-order valence-electron chi connectivity index (χ0n) is 9.67. The first-order valence-corrected chi connectivity index (χ1v) is 6.28. The SMILES string of the molecule is CNCC1CCCN1C(=O)C1CCCC1. The zero-order chi connectivity index (χ0) is 10.7. The zero-order valence-corrected chi connectivity index (χ0v) is 9.67. The molecule has 3 nitrogen and oxygen atoms in total. The van der Waals surface area contributed by atoms with Gasteiger partial charge in [0.1, 0.15) is 0 Å². The number of hydrogen-bond acceptors (Lipinski definition) is 2. The van der Waals surface area contributed by atoms with Crippen molar-refractivity contribution < 1.29 is 4.79 Å². The topological polar surface area (TPSA) is 32.3 Å². The van der Waals surface area contributed by atoms with E-state index < -0.39 is 0 Å². The predicted octanol–water partition coefficient (Wildman–Crippen LogP) is 1.39. The lowest BCUT2D eigenvalue weighted by molar-refractivity contribution is -0.136. The van der Waals surface area contributed by atoms with E-state index in [-0.39, 0.29) is 0 Å². The quantitative estimate of drug-likeness (QED) is 0.763. The molecule has 1 aliphatic heterocycles. The first-order chi connectivity index (χ1) is 7.33. The number of carbonyl (C=O) groups is 1. The van der Waals surface area contributed by atoms with Gasteiger partial charge < -0.3 is 10.2 Å². The molecule has 0 radical (unpaired) electrons. The number of nitrogens with one attached hydrogen (secondary N) is 1. The Bertz CT molecular complexity index is 224. The maximum absolute atomic E-state index is 12.2. The molecule has 86 valence electrons. The van der Waals surface area contributed by atoms with Gasteiger partial charge in [-0.1, -0.05) is 12.8 Å². The van der Waals surface area contributed by atoms with E-state index in [2.05, 4.69) is 10.2 Å².